The van der Waals surface area contributed by atoms with Gasteiger partial charge in [-0.05, 0) is 24.5 Å². The van der Waals surface area contributed by atoms with E-state index in [1.807, 2.05) is 19.1 Å². The van der Waals surface area contributed by atoms with E-state index >= 15 is 0 Å². The van der Waals surface area contributed by atoms with Crippen molar-refractivity contribution in [2.75, 3.05) is 6.61 Å². The summed E-state index contributed by atoms with van der Waals surface area (Å²) >= 11 is 0. The van der Waals surface area contributed by atoms with Crippen molar-refractivity contribution < 1.29 is 29.9 Å². The summed E-state index contributed by atoms with van der Waals surface area (Å²) < 4.78 is 11.1. The number of aryl methyl sites for hydroxylation is 2. The second-order valence-electron chi connectivity index (χ2n) is 6.79. The van der Waals surface area contributed by atoms with E-state index in [4.69, 9.17) is 9.47 Å². The predicted molar refractivity (Wildman–Crippen MR) is 96.3 cm³/mol. The highest BCUT2D eigenvalue weighted by atomic mass is 16.7. The van der Waals surface area contributed by atoms with Gasteiger partial charge in [-0.3, -0.25) is 5.10 Å². The van der Waals surface area contributed by atoms with E-state index in [1.54, 1.807) is 0 Å². The summed E-state index contributed by atoms with van der Waals surface area (Å²) in [6, 6.07) is 8.23. The van der Waals surface area contributed by atoms with Crippen molar-refractivity contribution in [2.24, 2.45) is 0 Å². The molecule has 8 nitrogen and oxygen atoms in total. The molecule has 1 aliphatic rings. The number of hydrogen-bond donors (Lipinski definition) is 5. The third kappa shape index (κ3) is 4.15. The first-order valence-corrected chi connectivity index (χ1v) is 9.03. The molecule has 0 unspecified atom stereocenters. The monoisotopic (exact) mass is 378 g/mol. The van der Waals surface area contributed by atoms with Crippen LogP contribution in [0.2, 0.25) is 0 Å². The Hall–Kier alpha value is -1.97. The van der Waals surface area contributed by atoms with Crippen molar-refractivity contribution in [2.45, 2.75) is 57.4 Å². The van der Waals surface area contributed by atoms with Crippen molar-refractivity contribution in [3.63, 3.8) is 0 Å². The minimum atomic E-state index is -1.49. The second kappa shape index (κ2) is 8.37. The minimum Gasteiger partial charge on any atom is -0.443 e. The van der Waals surface area contributed by atoms with Crippen molar-refractivity contribution in [1.82, 2.24) is 10.2 Å². The van der Waals surface area contributed by atoms with Crippen LogP contribution in [0.25, 0.3) is 0 Å². The molecule has 2 heterocycles. The molecule has 27 heavy (non-hydrogen) atoms. The SMILES string of the molecule is CCc1ccc(Cc2c(O[C@@H]3O[C@H](CO)[C@@H](O)[C@H](O)[C@H]3O)n[nH]c2C)cc1. The fourth-order valence-electron chi connectivity index (χ4n) is 3.11. The van der Waals surface area contributed by atoms with Crippen molar-refractivity contribution >= 4 is 0 Å². The standard InChI is InChI=1S/C19H26N2O6/c1-3-11-4-6-12(7-5-11)8-13-10(2)20-21-18(13)27-19-17(25)16(24)15(23)14(9-22)26-19/h4-7,14-17,19,22-25H,3,8-9H2,1-2H3,(H,20,21)/t14-,15-,16+,17-,19+/m1/s1. The fourth-order valence-corrected chi connectivity index (χ4v) is 3.11. The maximum absolute atomic E-state index is 10.1. The third-order valence-corrected chi connectivity index (χ3v) is 4.92. The molecule has 3 rings (SSSR count). The Kier molecular flexibility index (Phi) is 6.13. The quantitative estimate of drug-likeness (QED) is 0.480. The lowest BCUT2D eigenvalue weighted by molar-refractivity contribution is -0.278. The van der Waals surface area contributed by atoms with Gasteiger partial charge in [0.1, 0.15) is 24.4 Å². The smallest absolute Gasteiger partial charge is 0.238 e. The molecular formula is C19H26N2O6. The van der Waals surface area contributed by atoms with Crippen LogP contribution in [-0.2, 0) is 17.6 Å². The molecule has 1 aromatic heterocycles. The van der Waals surface area contributed by atoms with Crippen LogP contribution < -0.4 is 4.74 Å². The lowest BCUT2D eigenvalue weighted by Gasteiger charge is -2.39. The highest BCUT2D eigenvalue weighted by Crippen LogP contribution is 2.28. The van der Waals surface area contributed by atoms with Gasteiger partial charge in [-0.25, -0.2) is 0 Å². The van der Waals surface area contributed by atoms with Crippen molar-refractivity contribution in [3.05, 3.63) is 46.6 Å². The first kappa shape index (κ1) is 19.8. The Labute approximate surface area is 157 Å². The molecule has 0 aliphatic carbocycles. The topological polar surface area (TPSA) is 128 Å². The van der Waals surface area contributed by atoms with E-state index < -0.39 is 37.3 Å². The van der Waals surface area contributed by atoms with Crippen LogP contribution >= 0.6 is 0 Å². The van der Waals surface area contributed by atoms with Gasteiger partial charge in [0.15, 0.2) is 0 Å². The summed E-state index contributed by atoms with van der Waals surface area (Å²) in [4.78, 5) is 0. The summed E-state index contributed by atoms with van der Waals surface area (Å²) in [5.41, 5.74) is 3.95. The molecule has 2 aromatic rings. The van der Waals surface area contributed by atoms with E-state index in [-0.39, 0.29) is 5.88 Å². The molecule has 8 heteroatoms. The number of aliphatic hydroxyl groups excluding tert-OH is 4. The molecule has 1 aliphatic heterocycles. The van der Waals surface area contributed by atoms with Crippen LogP contribution in [0.4, 0.5) is 0 Å². The summed E-state index contributed by atoms with van der Waals surface area (Å²) in [5, 5.41) is 46.2. The van der Waals surface area contributed by atoms with E-state index in [1.165, 1.54) is 5.56 Å². The molecular weight excluding hydrogens is 352 g/mol. The third-order valence-electron chi connectivity index (χ3n) is 4.92. The summed E-state index contributed by atoms with van der Waals surface area (Å²) in [7, 11) is 0. The van der Waals surface area contributed by atoms with Gasteiger partial charge in [-0.1, -0.05) is 31.2 Å². The van der Waals surface area contributed by atoms with E-state index in [9.17, 15) is 20.4 Å². The molecule has 0 amide bonds. The number of aromatic amines is 1. The highest BCUT2D eigenvalue weighted by Gasteiger charge is 2.45. The van der Waals surface area contributed by atoms with E-state index in [0.717, 1.165) is 23.2 Å². The second-order valence-corrected chi connectivity index (χ2v) is 6.79. The van der Waals surface area contributed by atoms with Crippen LogP contribution in [-0.4, -0.2) is 67.9 Å². The van der Waals surface area contributed by atoms with Gasteiger partial charge in [-0.2, -0.15) is 0 Å². The van der Waals surface area contributed by atoms with Crippen LogP contribution in [0.5, 0.6) is 5.88 Å². The van der Waals surface area contributed by atoms with Crippen molar-refractivity contribution in [3.8, 4) is 5.88 Å². The fraction of sp³-hybridized carbons (Fsp3) is 0.526. The normalized spacial score (nSPS) is 28.3. The average molecular weight is 378 g/mol. The predicted octanol–water partition coefficient (Wildman–Crippen LogP) is 0.0500. The Bertz CT molecular complexity index is 745. The van der Waals surface area contributed by atoms with E-state index in [0.29, 0.717) is 6.42 Å². The molecule has 1 fully saturated rings. The number of nitrogens with one attached hydrogen (secondary N) is 1. The number of ether oxygens (including phenoxy) is 2. The number of benzene rings is 1. The lowest BCUT2D eigenvalue weighted by Crippen LogP contribution is -2.60. The number of rotatable bonds is 6. The molecule has 0 spiro atoms. The zero-order valence-electron chi connectivity index (χ0n) is 15.4. The average Bonchev–Trinajstić information content (AvgIpc) is 3.02. The van der Waals surface area contributed by atoms with Gasteiger partial charge in [0.25, 0.3) is 0 Å². The van der Waals surface area contributed by atoms with Gasteiger partial charge >= 0.3 is 0 Å². The molecule has 1 saturated heterocycles. The van der Waals surface area contributed by atoms with Crippen LogP contribution in [0, 0.1) is 6.92 Å². The Balaban J connectivity index is 1.77. The molecule has 0 bridgehead atoms. The molecule has 5 N–H and O–H groups in total. The number of H-pyrrole nitrogens is 1. The summed E-state index contributed by atoms with van der Waals surface area (Å²) in [6.45, 7) is 3.45. The first-order chi connectivity index (χ1) is 12.9. The Morgan fingerprint density at radius 3 is 2.37 bits per heavy atom. The van der Waals surface area contributed by atoms with Crippen molar-refractivity contribution in [1.29, 1.82) is 0 Å². The van der Waals surface area contributed by atoms with Crippen LogP contribution in [0.3, 0.4) is 0 Å². The van der Waals surface area contributed by atoms with Gasteiger partial charge in [0, 0.05) is 17.7 Å². The van der Waals surface area contributed by atoms with E-state index in [2.05, 4.69) is 29.3 Å². The minimum absolute atomic E-state index is 0.247. The van der Waals surface area contributed by atoms with Gasteiger partial charge in [0.05, 0.1) is 6.61 Å². The Morgan fingerprint density at radius 2 is 1.74 bits per heavy atom. The number of aliphatic hydroxyl groups is 4. The maximum atomic E-state index is 10.1. The first-order valence-electron chi connectivity index (χ1n) is 9.03. The summed E-state index contributed by atoms with van der Waals surface area (Å²) in [6.07, 6.45) is -5.15. The largest absolute Gasteiger partial charge is 0.443 e. The van der Waals surface area contributed by atoms with Gasteiger partial charge < -0.3 is 29.9 Å². The molecule has 148 valence electrons. The molecule has 5 atom stereocenters. The lowest BCUT2D eigenvalue weighted by atomic mass is 9.99. The molecule has 1 aromatic carbocycles. The van der Waals surface area contributed by atoms with Crippen LogP contribution in [0.1, 0.15) is 29.3 Å². The number of hydrogen-bond acceptors (Lipinski definition) is 7. The maximum Gasteiger partial charge on any atom is 0.238 e. The zero-order valence-corrected chi connectivity index (χ0v) is 15.4. The number of aromatic nitrogens is 2. The summed E-state index contributed by atoms with van der Waals surface area (Å²) in [5.74, 6) is 0.247. The number of nitrogens with zero attached hydrogens (tertiary/aromatic N) is 1. The van der Waals surface area contributed by atoms with Crippen LogP contribution in [0.15, 0.2) is 24.3 Å². The zero-order chi connectivity index (χ0) is 19.6. The van der Waals surface area contributed by atoms with Gasteiger partial charge in [-0.15, -0.1) is 5.10 Å². The molecule has 0 saturated carbocycles. The van der Waals surface area contributed by atoms with Gasteiger partial charge in [0.2, 0.25) is 12.2 Å². The molecule has 0 radical (unpaired) electrons. The Morgan fingerprint density at radius 1 is 1.07 bits per heavy atom. The highest BCUT2D eigenvalue weighted by molar-refractivity contribution is 5.36.